The Morgan fingerprint density at radius 2 is 1.55 bits per heavy atom. The quantitative estimate of drug-likeness (QED) is 0.0678. The van der Waals surface area contributed by atoms with E-state index >= 15 is 0 Å². The standard InChI is InChI=1S/C19H36N8O6/c1-4-9(2)14(27-15(29)11(20)8-13(21)28)17(31)26-12(6-5-7-24-19(22)23)16(30)25-10(3)18(32)33/h9-12,14H,4-8,20H2,1-3H3,(H2,21,28)(H,25,30)(H,26,31)(H,27,29)(H,32,33)(H4,22,23,24). The first-order chi connectivity index (χ1) is 15.3. The molecule has 33 heavy (non-hydrogen) atoms. The van der Waals surface area contributed by atoms with E-state index in [0.29, 0.717) is 12.8 Å². The molecule has 0 rings (SSSR count). The van der Waals surface area contributed by atoms with Crippen LogP contribution in [0.4, 0.5) is 0 Å². The summed E-state index contributed by atoms with van der Waals surface area (Å²) >= 11 is 0. The Kier molecular flexibility index (Phi) is 13.1. The lowest BCUT2D eigenvalue weighted by Gasteiger charge is -2.27. The average molecular weight is 473 g/mol. The molecule has 0 aromatic carbocycles. The van der Waals surface area contributed by atoms with E-state index in [-0.39, 0.29) is 24.8 Å². The normalized spacial score (nSPS) is 15.2. The molecule has 5 unspecified atom stereocenters. The van der Waals surface area contributed by atoms with Crippen LogP contribution in [-0.2, 0) is 24.0 Å². The molecule has 14 heteroatoms. The van der Waals surface area contributed by atoms with Crippen molar-refractivity contribution in [2.45, 2.75) is 70.6 Å². The van der Waals surface area contributed by atoms with Gasteiger partial charge in [0.1, 0.15) is 18.1 Å². The molecule has 0 radical (unpaired) electrons. The van der Waals surface area contributed by atoms with Gasteiger partial charge in [0.15, 0.2) is 5.96 Å². The molecule has 0 aliphatic rings. The summed E-state index contributed by atoms with van der Waals surface area (Å²) in [7, 11) is 0. The third-order valence-electron chi connectivity index (χ3n) is 4.86. The Morgan fingerprint density at radius 1 is 0.939 bits per heavy atom. The monoisotopic (exact) mass is 472 g/mol. The number of aliphatic imine (C=N–C) groups is 1. The maximum atomic E-state index is 13.0. The molecule has 0 spiro atoms. The van der Waals surface area contributed by atoms with Gasteiger partial charge in [0.05, 0.1) is 12.5 Å². The van der Waals surface area contributed by atoms with Crippen molar-refractivity contribution < 1.29 is 29.1 Å². The summed E-state index contributed by atoms with van der Waals surface area (Å²) in [5, 5.41) is 16.4. The van der Waals surface area contributed by atoms with E-state index in [4.69, 9.17) is 28.0 Å². The van der Waals surface area contributed by atoms with Crippen molar-refractivity contribution in [3.05, 3.63) is 0 Å². The van der Waals surface area contributed by atoms with Crippen LogP contribution < -0.4 is 38.9 Å². The van der Waals surface area contributed by atoms with Gasteiger partial charge < -0.3 is 44.0 Å². The van der Waals surface area contributed by atoms with Gasteiger partial charge in [-0.25, -0.2) is 0 Å². The highest BCUT2D eigenvalue weighted by Gasteiger charge is 2.32. The molecule has 5 atom stereocenters. The summed E-state index contributed by atoms with van der Waals surface area (Å²) in [5.41, 5.74) is 21.2. The molecule has 188 valence electrons. The molecular formula is C19H36N8O6. The van der Waals surface area contributed by atoms with Crippen molar-refractivity contribution in [3.8, 4) is 0 Å². The predicted molar refractivity (Wildman–Crippen MR) is 120 cm³/mol. The van der Waals surface area contributed by atoms with Crippen molar-refractivity contribution in [1.82, 2.24) is 16.0 Å². The number of amides is 4. The molecule has 0 heterocycles. The number of rotatable bonds is 15. The van der Waals surface area contributed by atoms with E-state index in [9.17, 15) is 24.0 Å². The zero-order valence-corrected chi connectivity index (χ0v) is 19.2. The highest BCUT2D eigenvalue weighted by molar-refractivity contribution is 5.95. The van der Waals surface area contributed by atoms with Crippen LogP contribution >= 0.6 is 0 Å². The molecule has 0 aromatic heterocycles. The number of aliphatic carboxylic acids is 1. The Morgan fingerprint density at radius 3 is 2.03 bits per heavy atom. The third kappa shape index (κ3) is 11.7. The Bertz CT molecular complexity index is 740. The lowest BCUT2D eigenvalue weighted by atomic mass is 9.97. The molecule has 0 aliphatic carbocycles. The van der Waals surface area contributed by atoms with Crippen LogP contribution in [0.5, 0.6) is 0 Å². The van der Waals surface area contributed by atoms with Crippen molar-refractivity contribution in [2.75, 3.05) is 6.54 Å². The summed E-state index contributed by atoms with van der Waals surface area (Å²) in [6, 6.07) is -4.61. The number of hydrogen-bond acceptors (Lipinski definition) is 7. The fourth-order valence-corrected chi connectivity index (χ4v) is 2.68. The summed E-state index contributed by atoms with van der Waals surface area (Å²) in [6.45, 7) is 4.98. The molecule has 12 N–H and O–H groups in total. The van der Waals surface area contributed by atoms with Crippen LogP contribution in [0.3, 0.4) is 0 Å². The summed E-state index contributed by atoms with van der Waals surface area (Å²) in [4.78, 5) is 63.8. The molecular weight excluding hydrogens is 436 g/mol. The van der Waals surface area contributed by atoms with Gasteiger partial charge in [-0.3, -0.25) is 29.0 Å². The summed E-state index contributed by atoms with van der Waals surface area (Å²) in [6.07, 6.45) is 0.509. The first-order valence-electron chi connectivity index (χ1n) is 10.5. The number of primary amides is 1. The number of carbonyl (C=O) groups is 5. The van der Waals surface area contributed by atoms with Gasteiger partial charge in [-0.15, -0.1) is 0 Å². The van der Waals surface area contributed by atoms with Gasteiger partial charge in [-0.1, -0.05) is 20.3 Å². The lowest BCUT2D eigenvalue weighted by Crippen LogP contribution is -2.58. The number of hydrogen-bond donors (Lipinski definition) is 8. The largest absolute Gasteiger partial charge is 0.480 e. The number of nitrogens with zero attached hydrogens (tertiary/aromatic N) is 1. The van der Waals surface area contributed by atoms with E-state index in [1.165, 1.54) is 6.92 Å². The molecule has 14 nitrogen and oxygen atoms in total. The van der Waals surface area contributed by atoms with Crippen LogP contribution in [0.25, 0.3) is 0 Å². The van der Waals surface area contributed by atoms with Gasteiger partial charge in [0, 0.05) is 6.54 Å². The zero-order chi connectivity index (χ0) is 25.7. The second-order valence-electron chi connectivity index (χ2n) is 7.73. The van der Waals surface area contributed by atoms with Crippen molar-refractivity contribution in [1.29, 1.82) is 0 Å². The topological polar surface area (TPSA) is 258 Å². The minimum atomic E-state index is -1.25. The molecule has 0 aromatic rings. The van der Waals surface area contributed by atoms with Gasteiger partial charge >= 0.3 is 5.97 Å². The number of carboxylic acids is 1. The lowest BCUT2D eigenvalue weighted by molar-refractivity contribution is -0.142. The molecule has 0 saturated heterocycles. The number of carbonyl (C=O) groups excluding carboxylic acids is 4. The van der Waals surface area contributed by atoms with Gasteiger partial charge in [-0.2, -0.15) is 0 Å². The maximum Gasteiger partial charge on any atom is 0.325 e. The second-order valence-corrected chi connectivity index (χ2v) is 7.73. The third-order valence-corrected chi connectivity index (χ3v) is 4.86. The first-order valence-corrected chi connectivity index (χ1v) is 10.5. The molecule has 4 amide bonds. The van der Waals surface area contributed by atoms with Gasteiger partial charge in [0.2, 0.25) is 23.6 Å². The Balaban J connectivity index is 5.50. The minimum Gasteiger partial charge on any atom is -0.480 e. The van der Waals surface area contributed by atoms with Crippen molar-refractivity contribution in [2.24, 2.45) is 33.8 Å². The first kappa shape index (κ1) is 29.6. The molecule has 0 bridgehead atoms. The minimum absolute atomic E-state index is 0.100. The van der Waals surface area contributed by atoms with E-state index in [1.807, 2.05) is 0 Å². The van der Waals surface area contributed by atoms with E-state index < -0.39 is 60.2 Å². The van der Waals surface area contributed by atoms with Crippen LogP contribution in [0.2, 0.25) is 0 Å². The SMILES string of the molecule is CCC(C)C(NC(=O)C(N)CC(N)=O)C(=O)NC(CCCN=C(N)N)C(=O)NC(C)C(=O)O. The molecule has 0 aliphatic heterocycles. The molecule has 0 saturated carbocycles. The fraction of sp³-hybridized carbons (Fsp3) is 0.684. The van der Waals surface area contributed by atoms with E-state index in [1.54, 1.807) is 13.8 Å². The van der Waals surface area contributed by atoms with Crippen LogP contribution in [-0.4, -0.2) is 71.4 Å². The predicted octanol–water partition coefficient (Wildman–Crippen LogP) is -3.15. The zero-order valence-electron chi connectivity index (χ0n) is 19.2. The van der Waals surface area contributed by atoms with Crippen LogP contribution in [0.1, 0.15) is 46.5 Å². The fourth-order valence-electron chi connectivity index (χ4n) is 2.68. The van der Waals surface area contributed by atoms with E-state index in [2.05, 4.69) is 20.9 Å². The maximum absolute atomic E-state index is 13.0. The Labute approximate surface area is 192 Å². The second kappa shape index (κ2) is 14.6. The smallest absolute Gasteiger partial charge is 0.325 e. The number of guanidine groups is 1. The highest BCUT2D eigenvalue weighted by atomic mass is 16.4. The van der Waals surface area contributed by atoms with Crippen molar-refractivity contribution in [3.63, 3.8) is 0 Å². The van der Waals surface area contributed by atoms with Crippen molar-refractivity contribution >= 4 is 35.6 Å². The summed E-state index contributed by atoms with van der Waals surface area (Å²) in [5.74, 6) is -4.64. The van der Waals surface area contributed by atoms with E-state index in [0.717, 1.165) is 0 Å². The number of nitrogens with one attached hydrogen (secondary N) is 3. The van der Waals surface area contributed by atoms with Crippen LogP contribution in [0.15, 0.2) is 4.99 Å². The van der Waals surface area contributed by atoms with Gasteiger partial charge in [-0.05, 0) is 25.7 Å². The van der Waals surface area contributed by atoms with Gasteiger partial charge in [0.25, 0.3) is 0 Å². The number of nitrogens with two attached hydrogens (primary N) is 4. The highest BCUT2D eigenvalue weighted by Crippen LogP contribution is 2.10. The Hall–Kier alpha value is -3.42. The number of carboxylic acid groups (broad SMARTS) is 1. The van der Waals surface area contributed by atoms with Crippen LogP contribution in [0, 0.1) is 5.92 Å². The average Bonchev–Trinajstić information content (AvgIpc) is 2.72. The molecule has 0 fully saturated rings. The summed E-state index contributed by atoms with van der Waals surface area (Å²) < 4.78 is 0.